The predicted octanol–water partition coefficient (Wildman–Crippen LogP) is 5.18. The number of aromatic nitrogens is 3. The summed E-state index contributed by atoms with van der Waals surface area (Å²) in [6.07, 6.45) is 0.192. The van der Waals surface area contributed by atoms with Crippen molar-refractivity contribution in [1.29, 1.82) is 0 Å². The maximum atomic E-state index is 10.1. The first kappa shape index (κ1) is 26.7. The number of hydrogen-bond donors (Lipinski definition) is 2. The van der Waals surface area contributed by atoms with Crippen LogP contribution in [0.15, 0.2) is 42.5 Å². The van der Waals surface area contributed by atoms with Crippen molar-refractivity contribution >= 4 is 27.4 Å². The molecule has 2 fully saturated rings. The zero-order valence-electron chi connectivity index (χ0n) is 23.0. The van der Waals surface area contributed by atoms with E-state index in [1.807, 2.05) is 45.0 Å². The zero-order chi connectivity index (χ0) is 28.0. The summed E-state index contributed by atoms with van der Waals surface area (Å²) in [6, 6.07) is 13.3. The molecule has 2 aromatic heterocycles. The number of nitrogens with zero attached hydrogens (tertiary/aromatic N) is 3. The fraction of sp³-hybridized carbons (Fsp3) is 0.414. The molecule has 2 N–H and O–H groups in total. The van der Waals surface area contributed by atoms with Crippen molar-refractivity contribution in [3.8, 4) is 33.8 Å². The Morgan fingerprint density at radius 1 is 1.00 bits per heavy atom. The highest BCUT2D eigenvalue weighted by molar-refractivity contribution is 7.21. The van der Waals surface area contributed by atoms with E-state index in [9.17, 15) is 5.11 Å². The van der Waals surface area contributed by atoms with Crippen LogP contribution in [-0.4, -0.2) is 64.9 Å². The average molecular weight is 565 g/mol. The Morgan fingerprint density at radius 2 is 1.70 bits per heavy atom. The number of anilines is 1. The third kappa shape index (κ3) is 5.05. The quantitative estimate of drug-likeness (QED) is 0.296. The topological polar surface area (TPSA) is 117 Å². The Labute approximate surface area is 236 Å². The molecule has 11 heteroatoms. The van der Waals surface area contributed by atoms with E-state index in [0.717, 1.165) is 20.8 Å². The maximum Gasteiger partial charge on any atom is 0.324 e. The second kappa shape index (κ2) is 10.5. The molecular formula is C29H32N4O6S. The van der Waals surface area contributed by atoms with Gasteiger partial charge in [-0.15, -0.1) is 11.3 Å². The number of nitrogens with one attached hydrogen (secondary N) is 1. The van der Waals surface area contributed by atoms with E-state index in [4.69, 9.17) is 38.6 Å². The minimum absolute atomic E-state index is 0.0123. The fourth-order valence-electron chi connectivity index (χ4n) is 5.46. The summed E-state index contributed by atoms with van der Waals surface area (Å²) >= 11 is 1.58. The van der Waals surface area contributed by atoms with Crippen molar-refractivity contribution in [2.24, 2.45) is 5.92 Å². The number of benzene rings is 2. The van der Waals surface area contributed by atoms with Crippen LogP contribution in [0.1, 0.15) is 26.0 Å². The third-order valence-corrected chi connectivity index (χ3v) is 8.30. The van der Waals surface area contributed by atoms with Gasteiger partial charge >= 0.3 is 6.01 Å². The summed E-state index contributed by atoms with van der Waals surface area (Å²) < 4.78 is 30.4. The Hall–Kier alpha value is -3.51. The van der Waals surface area contributed by atoms with Crippen molar-refractivity contribution in [2.75, 3.05) is 26.1 Å². The van der Waals surface area contributed by atoms with Crippen LogP contribution in [0.25, 0.3) is 20.8 Å². The van der Waals surface area contributed by atoms with Gasteiger partial charge in [-0.2, -0.15) is 9.97 Å². The largest absolute Gasteiger partial charge is 0.496 e. The van der Waals surface area contributed by atoms with Crippen molar-refractivity contribution in [1.82, 2.24) is 15.0 Å². The normalized spacial score (nSPS) is 23.2. The molecule has 40 heavy (non-hydrogen) atoms. The lowest BCUT2D eigenvalue weighted by Crippen LogP contribution is -2.35. The Kier molecular flexibility index (Phi) is 6.99. The van der Waals surface area contributed by atoms with E-state index in [2.05, 4.69) is 5.32 Å². The molecule has 1 saturated heterocycles. The second-order valence-electron chi connectivity index (χ2n) is 10.4. The number of aliphatic hydroxyl groups is 1. The smallest absolute Gasteiger partial charge is 0.324 e. The van der Waals surface area contributed by atoms with Crippen molar-refractivity contribution in [3.05, 3.63) is 48.2 Å². The molecule has 0 radical (unpaired) electrons. The lowest BCUT2D eigenvalue weighted by molar-refractivity contribution is -0.158. The van der Waals surface area contributed by atoms with Gasteiger partial charge in [0, 0.05) is 30.7 Å². The van der Waals surface area contributed by atoms with Gasteiger partial charge in [0.05, 0.1) is 47.8 Å². The van der Waals surface area contributed by atoms with Crippen LogP contribution in [-0.2, 0) is 9.47 Å². The standard InChI is InChI=1S/C29H32N4O6S/c1-15-23(27-32-20-8-6-7-9-22(20)40-27)26(31-21-10-16(14-34)24-25(21)39-29(2,3)38-24)33-28(30-15)37-19-12-17(35-4)11-18(13-19)36-5/h6-9,11-13,16,21,24-25,34H,10,14H2,1-5H3,(H,30,31,33)/t16-,21?,24-,25?/m1/s1. The molecule has 0 bridgehead atoms. The van der Waals surface area contributed by atoms with Crippen LogP contribution in [0.4, 0.5) is 5.82 Å². The first-order chi connectivity index (χ1) is 19.3. The highest BCUT2D eigenvalue weighted by Gasteiger charge is 2.54. The van der Waals surface area contributed by atoms with Gasteiger partial charge in [-0.05, 0) is 39.3 Å². The molecule has 10 nitrogen and oxygen atoms in total. The molecule has 1 aliphatic heterocycles. The molecule has 0 spiro atoms. The molecule has 2 aromatic carbocycles. The summed E-state index contributed by atoms with van der Waals surface area (Å²) in [7, 11) is 3.16. The van der Waals surface area contributed by atoms with Crippen LogP contribution < -0.4 is 19.5 Å². The molecule has 6 rings (SSSR count). The summed E-state index contributed by atoms with van der Waals surface area (Å²) in [5.41, 5.74) is 2.41. The van der Waals surface area contributed by atoms with Crippen LogP contribution in [0.5, 0.6) is 23.3 Å². The van der Waals surface area contributed by atoms with Gasteiger partial charge < -0.3 is 34.1 Å². The first-order valence-corrected chi connectivity index (χ1v) is 14.0. The number of fused-ring (bicyclic) bond motifs is 2. The minimum Gasteiger partial charge on any atom is -0.496 e. The van der Waals surface area contributed by atoms with E-state index in [-0.39, 0.29) is 36.8 Å². The summed E-state index contributed by atoms with van der Waals surface area (Å²) in [6.45, 7) is 5.72. The van der Waals surface area contributed by atoms with Gasteiger partial charge in [-0.3, -0.25) is 0 Å². The molecular weight excluding hydrogens is 532 g/mol. The van der Waals surface area contributed by atoms with Crippen molar-refractivity contribution < 1.29 is 28.8 Å². The van der Waals surface area contributed by atoms with Gasteiger partial charge in [0.2, 0.25) is 0 Å². The predicted molar refractivity (Wildman–Crippen MR) is 151 cm³/mol. The fourth-order valence-corrected chi connectivity index (χ4v) is 6.52. The summed E-state index contributed by atoms with van der Waals surface area (Å²) in [5, 5.41) is 14.5. The van der Waals surface area contributed by atoms with Gasteiger partial charge in [0.1, 0.15) is 34.2 Å². The van der Waals surface area contributed by atoms with E-state index in [1.54, 1.807) is 43.8 Å². The van der Waals surface area contributed by atoms with Gasteiger partial charge in [-0.25, -0.2) is 4.98 Å². The number of hydrogen-bond acceptors (Lipinski definition) is 11. The number of aryl methyl sites for hydroxylation is 1. The lowest BCUT2D eigenvalue weighted by Gasteiger charge is -2.24. The minimum atomic E-state index is -0.736. The summed E-state index contributed by atoms with van der Waals surface area (Å²) in [5.74, 6) is 1.43. The van der Waals surface area contributed by atoms with E-state index >= 15 is 0 Å². The Balaban J connectivity index is 1.41. The molecule has 210 valence electrons. The molecule has 4 aromatic rings. The zero-order valence-corrected chi connectivity index (χ0v) is 23.8. The van der Waals surface area contributed by atoms with Crippen molar-refractivity contribution in [3.63, 3.8) is 0 Å². The highest BCUT2D eigenvalue weighted by atomic mass is 32.1. The molecule has 0 amide bonds. The van der Waals surface area contributed by atoms with Crippen LogP contribution in [0.2, 0.25) is 0 Å². The van der Waals surface area contributed by atoms with E-state index in [1.165, 1.54) is 0 Å². The number of thiazole rings is 1. The van der Waals surface area contributed by atoms with Crippen LogP contribution >= 0.6 is 11.3 Å². The monoisotopic (exact) mass is 564 g/mol. The first-order valence-electron chi connectivity index (χ1n) is 13.2. The molecule has 1 saturated carbocycles. The van der Waals surface area contributed by atoms with Crippen molar-refractivity contribution in [2.45, 2.75) is 51.2 Å². The molecule has 4 atom stereocenters. The van der Waals surface area contributed by atoms with Gasteiger partial charge in [0.15, 0.2) is 5.79 Å². The number of rotatable bonds is 8. The third-order valence-electron chi connectivity index (χ3n) is 7.25. The van der Waals surface area contributed by atoms with Gasteiger partial charge in [0.25, 0.3) is 0 Å². The second-order valence-corrected chi connectivity index (χ2v) is 11.5. The van der Waals surface area contributed by atoms with E-state index in [0.29, 0.717) is 35.2 Å². The molecule has 2 aliphatic rings. The van der Waals surface area contributed by atoms with Crippen LogP contribution in [0, 0.1) is 12.8 Å². The number of aliphatic hydroxyl groups excluding tert-OH is 1. The number of para-hydroxylation sites is 1. The summed E-state index contributed by atoms with van der Waals surface area (Å²) in [4.78, 5) is 14.4. The number of ether oxygens (including phenoxy) is 5. The molecule has 3 heterocycles. The highest BCUT2D eigenvalue weighted by Crippen LogP contribution is 2.44. The average Bonchev–Trinajstić information content (AvgIpc) is 3.58. The number of methoxy groups -OCH3 is 2. The Morgan fingerprint density at radius 3 is 2.40 bits per heavy atom. The Bertz CT molecular complexity index is 1490. The van der Waals surface area contributed by atoms with Gasteiger partial charge in [-0.1, -0.05) is 12.1 Å². The molecule has 2 unspecified atom stereocenters. The van der Waals surface area contributed by atoms with E-state index < -0.39 is 5.79 Å². The SMILES string of the molecule is COc1cc(OC)cc(Oc2nc(C)c(-c3nc4ccccc4s3)c(NC3C[C@H](CO)[C@H]4OC(C)(C)OC34)n2)c1. The molecule has 1 aliphatic carbocycles. The maximum absolute atomic E-state index is 10.1. The lowest BCUT2D eigenvalue weighted by atomic mass is 10.1. The van der Waals surface area contributed by atoms with Crippen LogP contribution in [0.3, 0.4) is 0 Å².